The van der Waals surface area contributed by atoms with Crippen molar-refractivity contribution in [1.82, 2.24) is 15.0 Å². The molecule has 3 aromatic heterocycles. The number of pyridine rings is 1. The highest BCUT2D eigenvalue weighted by atomic mass is 32.1. The van der Waals surface area contributed by atoms with Crippen LogP contribution in [-0.2, 0) is 0 Å². The summed E-state index contributed by atoms with van der Waals surface area (Å²) >= 11 is 1.84. The summed E-state index contributed by atoms with van der Waals surface area (Å²) in [5, 5.41) is 5.02. The standard InChI is InChI=1S/C49H31N3S/c1-2-11-35(12-3-1)49-51-45(34-20-18-33(19-21-34)44-15-8-9-25-50-44)31-46(52-49)41-28-39(37-22-17-32-10-4-5-13-36(32)26-37)27-40(29-41)38-23-24-48-43(30-38)42-14-6-7-16-47(42)53-48/h1-31H. The Morgan fingerprint density at radius 3 is 1.72 bits per heavy atom. The first kappa shape index (κ1) is 31.0. The van der Waals surface area contributed by atoms with Crippen LogP contribution in [0.1, 0.15) is 0 Å². The summed E-state index contributed by atoms with van der Waals surface area (Å²) in [5.41, 5.74) is 11.4. The largest absolute Gasteiger partial charge is 0.256 e. The molecule has 0 radical (unpaired) electrons. The lowest BCUT2D eigenvalue weighted by molar-refractivity contribution is 1.18. The zero-order valence-corrected chi connectivity index (χ0v) is 29.5. The van der Waals surface area contributed by atoms with Gasteiger partial charge >= 0.3 is 0 Å². The maximum Gasteiger partial charge on any atom is 0.160 e. The van der Waals surface area contributed by atoms with E-state index in [4.69, 9.17) is 9.97 Å². The minimum Gasteiger partial charge on any atom is -0.256 e. The van der Waals surface area contributed by atoms with E-state index in [9.17, 15) is 0 Å². The van der Waals surface area contributed by atoms with Crippen LogP contribution >= 0.6 is 11.3 Å². The van der Waals surface area contributed by atoms with Crippen molar-refractivity contribution in [2.24, 2.45) is 0 Å². The molecular weight excluding hydrogens is 663 g/mol. The van der Waals surface area contributed by atoms with Gasteiger partial charge in [0, 0.05) is 48.6 Å². The third kappa shape index (κ3) is 5.95. The Kier molecular flexibility index (Phi) is 7.67. The molecule has 53 heavy (non-hydrogen) atoms. The summed E-state index contributed by atoms with van der Waals surface area (Å²) in [4.78, 5) is 14.9. The molecule has 0 N–H and O–H groups in total. The van der Waals surface area contributed by atoms with Gasteiger partial charge in [-0.2, -0.15) is 0 Å². The Morgan fingerprint density at radius 2 is 0.925 bits per heavy atom. The first-order valence-corrected chi connectivity index (χ1v) is 18.6. The number of aromatic nitrogens is 3. The molecular formula is C49H31N3S. The van der Waals surface area contributed by atoms with Crippen LogP contribution in [0, 0.1) is 0 Å². The topological polar surface area (TPSA) is 38.7 Å². The Balaban J connectivity index is 1.17. The first-order valence-electron chi connectivity index (χ1n) is 17.7. The first-order chi connectivity index (χ1) is 26.2. The van der Waals surface area contributed by atoms with Crippen LogP contribution in [0.5, 0.6) is 0 Å². The predicted octanol–water partition coefficient (Wildman–Crippen LogP) is 13.4. The molecule has 10 rings (SSSR count). The molecule has 0 fully saturated rings. The molecule has 0 bridgehead atoms. The molecule has 4 heteroatoms. The van der Waals surface area contributed by atoms with Crippen LogP contribution in [0.15, 0.2) is 188 Å². The molecule has 3 nitrogen and oxygen atoms in total. The summed E-state index contributed by atoms with van der Waals surface area (Å²) in [6.07, 6.45) is 1.83. The zero-order chi connectivity index (χ0) is 35.1. The average Bonchev–Trinajstić information content (AvgIpc) is 3.62. The molecule has 7 aromatic carbocycles. The smallest absolute Gasteiger partial charge is 0.160 e. The van der Waals surface area contributed by atoms with E-state index in [0.29, 0.717) is 5.82 Å². The van der Waals surface area contributed by atoms with Gasteiger partial charge in [-0.25, -0.2) is 9.97 Å². The van der Waals surface area contributed by atoms with Crippen LogP contribution < -0.4 is 0 Å². The van der Waals surface area contributed by atoms with E-state index in [2.05, 4.69) is 151 Å². The molecule has 0 saturated carbocycles. The summed E-state index contributed by atoms with van der Waals surface area (Å²) in [6.45, 7) is 0. The summed E-state index contributed by atoms with van der Waals surface area (Å²) in [7, 11) is 0. The lowest BCUT2D eigenvalue weighted by Crippen LogP contribution is -1.96. The summed E-state index contributed by atoms with van der Waals surface area (Å²) < 4.78 is 2.60. The molecule has 0 aliphatic rings. The molecule has 3 heterocycles. The van der Waals surface area contributed by atoms with Gasteiger partial charge in [0.2, 0.25) is 0 Å². The molecule has 10 aromatic rings. The van der Waals surface area contributed by atoms with Gasteiger partial charge in [0.15, 0.2) is 5.82 Å². The minimum atomic E-state index is 0.690. The summed E-state index contributed by atoms with van der Waals surface area (Å²) in [5.74, 6) is 0.690. The van der Waals surface area contributed by atoms with Crippen LogP contribution in [0.25, 0.3) is 98.4 Å². The molecule has 0 saturated heterocycles. The highest BCUT2D eigenvalue weighted by Gasteiger charge is 2.15. The fraction of sp³-hybridized carbons (Fsp3) is 0. The van der Waals surface area contributed by atoms with Crippen molar-refractivity contribution >= 4 is 42.3 Å². The van der Waals surface area contributed by atoms with Gasteiger partial charge in [-0.15, -0.1) is 11.3 Å². The lowest BCUT2D eigenvalue weighted by atomic mass is 9.93. The van der Waals surface area contributed by atoms with Gasteiger partial charge in [0.1, 0.15) is 0 Å². The van der Waals surface area contributed by atoms with Gasteiger partial charge in [0.25, 0.3) is 0 Å². The second-order valence-corrected chi connectivity index (χ2v) is 14.4. The quantitative estimate of drug-likeness (QED) is 0.174. The molecule has 0 amide bonds. The molecule has 0 spiro atoms. The van der Waals surface area contributed by atoms with Crippen molar-refractivity contribution in [3.63, 3.8) is 0 Å². The maximum atomic E-state index is 5.25. The van der Waals surface area contributed by atoms with E-state index in [-0.39, 0.29) is 0 Å². The monoisotopic (exact) mass is 693 g/mol. The van der Waals surface area contributed by atoms with Crippen LogP contribution in [0.4, 0.5) is 0 Å². The van der Waals surface area contributed by atoms with Gasteiger partial charge in [0.05, 0.1) is 17.1 Å². The summed E-state index contributed by atoms with van der Waals surface area (Å²) in [6, 6.07) is 64.5. The van der Waals surface area contributed by atoms with Gasteiger partial charge in [-0.3, -0.25) is 4.98 Å². The van der Waals surface area contributed by atoms with Gasteiger partial charge in [-0.1, -0.05) is 121 Å². The van der Waals surface area contributed by atoms with E-state index in [0.717, 1.165) is 56.0 Å². The highest BCUT2D eigenvalue weighted by molar-refractivity contribution is 7.25. The number of hydrogen-bond acceptors (Lipinski definition) is 4. The minimum absolute atomic E-state index is 0.690. The van der Waals surface area contributed by atoms with E-state index in [1.807, 2.05) is 53.9 Å². The van der Waals surface area contributed by atoms with Crippen molar-refractivity contribution in [3.8, 4) is 67.4 Å². The average molecular weight is 694 g/mol. The van der Waals surface area contributed by atoms with Crippen molar-refractivity contribution in [1.29, 1.82) is 0 Å². The number of nitrogens with zero attached hydrogens (tertiary/aromatic N) is 3. The second-order valence-electron chi connectivity index (χ2n) is 13.3. The molecule has 0 aliphatic carbocycles. The number of benzene rings is 7. The Hall–Kier alpha value is -6.75. The fourth-order valence-electron chi connectivity index (χ4n) is 7.19. The number of hydrogen-bond donors (Lipinski definition) is 0. The lowest BCUT2D eigenvalue weighted by Gasteiger charge is -2.14. The Morgan fingerprint density at radius 1 is 0.321 bits per heavy atom. The third-order valence-corrected chi connectivity index (χ3v) is 11.1. The Labute approximate surface area is 311 Å². The molecule has 0 aliphatic heterocycles. The van der Waals surface area contributed by atoms with E-state index in [1.165, 1.54) is 36.5 Å². The number of fused-ring (bicyclic) bond motifs is 4. The van der Waals surface area contributed by atoms with E-state index in [1.54, 1.807) is 0 Å². The SMILES string of the molecule is c1ccc(-c2nc(-c3ccc(-c4ccccn4)cc3)cc(-c3cc(-c4ccc5ccccc5c4)cc(-c4ccc5sc6ccccc6c5c4)c3)n2)cc1. The van der Waals surface area contributed by atoms with Crippen LogP contribution in [-0.4, -0.2) is 15.0 Å². The van der Waals surface area contributed by atoms with Crippen molar-refractivity contribution in [3.05, 3.63) is 188 Å². The number of thiophene rings is 1. The molecule has 0 atom stereocenters. The van der Waals surface area contributed by atoms with Crippen molar-refractivity contribution in [2.75, 3.05) is 0 Å². The van der Waals surface area contributed by atoms with Crippen LogP contribution in [0.2, 0.25) is 0 Å². The van der Waals surface area contributed by atoms with E-state index >= 15 is 0 Å². The van der Waals surface area contributed by atoms with Crippen molar-refractivity contribution < 1.29 is 0 Å². The van der Waals surface area contributed by atoms with Crippen LogP contribution in [0.3, 0.4) is 0 Å². The normalized spacial score (nSPS) is 11.4. The second kappa shape index (κ2) is 13.1. The van der Waals surface area contributed by atoms with Crippen molar-refractivity contribution in [2.45, 2.75) is 0 Å². The third-order valence-electron chi connectivity index (χ3n) is 9.92. The van der Waals surface area contributed by atoms with E-state index < -0.39 is 0 Å². The Bertz CT molecular complexity index is 2930. The van der Waals surface area contributed by atoms with Gasteiger partial charge in [-0.05, 0) is 93.7 Å². The molecule has 248 valence electrons. The predicted molar refractivity (Wildman–Crippen MR) is 223 cm³/mol. The van der Waals surface area contributed by atoms with Gasteiger partial charge < -0.3 is 0 Å². The highest BCUT2D eigenvalue weighted by Crippen LogP contribution is 2.39. The number of rotatable bonds is 6. The zero-order valence-electron chi connectivity index (χ0n) is 28.6. The molecule has 0 unspecified atom stereocenters. The fourth-order valence-corrected chi connectivity index (χ4v) is 8.27. The maximum absolute atomic E-state index is 5.25.